The van der Waals surface area contributed by atoms with Gasteiger partial charge in [-0.1, -0.05) is 18.7 Å². The summed E-state index contributed by atoms with van der Waals surface area (Å²) in [5, 5.41) is 8.85. The van der Waals surface area contributed by atoms with Crippen LogP contribution in [0, 0.1) is 5.92 Å². The van der Waals surface area contributed by atoms with E-state index in [-0.39, 0.29) is 28.6 Å². The summed E-state index contributed by atoms with van der Waals surface area (Å²) in [4.78, 5) is 14.6. The molecule has 0 aliphatic carbocycles. The van der Waals surface area contributed by atoms with E-state index in [9.17, 15) is 13.2 Å². The van der Waals surface area contributed by atoms with Crippen molar-refractivity contribution in [1.82, 2.24) is 19.7 Å². The van der Waals surface area contributed by atoms with Crippen LogP contribution in [-0.4, -0.2) is 63.8 Å². The molecule has 9 heteroatoms. The summed E-state index contributed by atoms with van der Waals surface area (Å²) in [6, 6.07) is 0. The van der Waals surface area contributed by atoms with Gasteiger partial charge in [0.05, 0.1) is 16.8 Å². The van der Waals surface area contributed by atoms with Gasteiger partial charge in [-0.2, -0.15) is 0 Å². The molecule has 0 radical (unpaired) electrons. The first kappa shape index (κ1) is 18.7. The zero-order valence-electron chi connectivity index (χ0n) is 15.0. The molecule has 1 amide bonds. The Morgan fingerprint density at radius 2 is 1.92 bits per heavy atom. The van der Waals surface area contributed by atoms with Gasteiger partial charge < -0.3 is 9.47 Å². The Bertz CT molecular complexity index is 739. The van der Waals surface area contributed by atoms with E-state index < -0.39 is 9.84 Å². The molecule has 2 aliphatic heterocycles. The first-order valence-corrected chi connectivity index (χ1v) is 11.5. The van der Waals surface area contributed by atoms with Crippen molar-refractivity contribution in [2.75, 3.05) is 24.6 Å². The zero-order valence-corrected chi connectivity index (χ0v) is 16.6. The third-order valence-corrected chi connectivity index (χ3v) is 8.08. The Morgan fingerprint density at radius 1 is 1.24 bits per heavy atom. The topological polar surface area (TPSA) is 85.2 Å². The summed E-state index contributed by atoms with van der Waals surface area (Å²) in [6.45, 7) is 5.79. The number of hydrogen-bond donors (Lipinski definition) is 0. The molecular formula is C16H26N4O3S2. The van der Waals surface area contributed by atoms with Crippen molar-refractivity contribution in [2.45, 2.75) is 49.4 Å². The molecule has 0 spiro atoms. The summed E-state index contributed by atoms with van der Waals surface area (Å²) < 4.78 is 25.2. The molecule has 1 aromatic rings. The van der Waals surface area contributed by atoms with Crippen LogP contribution in [0.5, 0.6) is 0 Å². The number of hydrogen-bond acceptors (Lipinski definition) is 6. The van der Waals surface area contributed by atoms with E-state index in [0.717, 1.165) is 25.9 Å². The van der Waals surface area contributed by atoms with Crippen LogP contribution >= 0.6 is 11.8 Å². The van der Waals surface area contributed by atoms with Crippen molar-refractivity contribution in [3.63, 3.8) is 0 Å². The van der Waals surface area contributed by atoms with Crippen LogP contribution in [0.2, 0.25) is 0 Å². The van der Waals surface area contributed by atoms with Gasteiger partial charge in [-0.3, -0.25) is 4.79 Å². The Morgan fingerprint density at radius 3 is 2.52 bits per heavy atom. The number of thioether (sulfide) groups is 1. The summed E-state index contributed by atoms with van der Waals surface area (Å²) in [5.74, 6) is 1.81. The maximum Gasteiger partial charge on any atom is 0.235 e. The van der Waals surface area contributed by atoms with Crippen LogP contribution in [0.1, 0.15) is 44.9 Å². The highest BCUT2D eigenvalue weighted by Gasteiger charge is 2.33. The molecule has 2 unspecified atom stereocenters. The lowest BCUT2D eigenvalue weighted by Crippen LogP contribution is -2.41. The molecule has 0 bridgehead atoms. The van der Waals surface area contributed by atoms with Crippen LogP contribution in [0.3, 0.4) is 0 Å². The van der Waals surface area contributed by atoms with Crippen LogP contribution in [0.4, 0.5) is 0 Å². The zero-order chi connectivity index (χ0) is 18.2. The SMILES string of the molecule is CC1CCN(C(=O)C(C)Sc2nnc(C3CCS(=O)(=O)C3)n2C)CC1. The molecule has 2 aliphatic rings. The van der Waals surface area contributed by atoms with E-state index in [0.29, 0.717) is 23.3 Å². The number of likely N-dealkylation sites (tertiary alicyclic amines) is 1. The molecule has 3 heterocycles. The normalized spacial score (nSPS) is 25.2. The molecular weight excluding hydrogens is 360 g/mol. The monoisotopic (exact) mass is 386 g/mol. The smallest absolute Gasteiger partial charge is 0.235 e. The molecule has 0 N–H and O–H groups in total. The van der Waals surface area contributed by atoms with Crippen molar-refractivity contribution >= 4 is 27.5 Å². The van der Waals surface area contributed by atoms with E-state index in [1.807, 2.05) is 23.4 Å². The second-order valence-corrected chi connectivity index (χ2v) is 10.8. The minimum Gasteiger partial charge on any atom is -0.342 e. The lowest BCUT2D eigenvalue weighted by Gasteiger charge is -2.31. The number of nitrogens with zero attached hydrogens (tertiary/aromatic N) is 4. The lowest BCUT2D eigenvalue weighted by atomic mass is 9.99. The fourth-order valence-electron chi connectivity index (χ4n) is 3.48. The predicted octanol–water partition coefficient (Wildman–Crippen LogP) is 1.46. The summed E-state index contributed by atoms with van der Waals surface area (Å²) in [7, 11) is -1.11. The largest absolute Gasteiger partial charge is 0.342 e. The summed E-state index contributed by atoms with van der Waals surface area (Å²) in [5.41, 5.74) is 0. The predicted molar refractivity (Wildman–Crippen MR) is 97.3 cm³/mol. The van der Waals surface area contributed by atoms with E-state index >= 15 is 0 Å². The number of sulfone groups is 1. The van der Waals surface area contributed by atoms with E-state index in [2.05, 4.69) is 17.1 Å². The quantitative estimate of drug-likeness (QED) is 0.728. The van der Waals surface area contributed by atoms with Crippen LogP contribution in [-0.2, 0) is 21.7 Å². The van der Waals surface area contributed by atoms with Crippen LogP contribution < -0.4 is 0 Å². The maximum absolute atomic E-state index is 12.6. The Balaban J connectivity index is 1.64. The Labute approximate surface area is 153 Å². The third-order valence-electron chi connectivity index (χ3n) is 5.19. The van der Waals surface area contributed by atoms with Crippen molar-refractivity contribution in [1.29, 1.82) is 0 Å². The molecule has 0 aromatic carbocycles. The summed E-state index contributed by atoms with van der Waals surface area (Å²) >= 11 is 1.40. The highest BCUT2D eigenvalue weighted by Crippen LogP contribution is 2.31. The fourth-order valence-corrected chi connectivity index (χ4v) is 6.12. The highest BCUT2D eigenvalue weighted by atomic mass is 32.2. The number of aromatic nitrogens is 3. The second-order valence-electron chi connectivity index (χ2n) is 7.27. The molecule has 1 aromatic heterocycles. The molecule has 2 atom stereocenters. The van der Waals surface area contributed by atoms with Crippen molar-refractivity contribution in [2.24, 2.45) is 13.0 Å². The van der Waals surface area contributed by atoms with Crippen molar-refractivity contribution in [3.8, 4) is 0 Å². The molecule has 25 heavy (non-hydrogen) atoms. The van der Waals surface area contributed by atoms with Crippen molar-refractivity contribution in [3.05, 3.63) is 5.82 Å². The number of amides is 1. The van der Waals surface area contributed by atoms with Crippen molar-refractivity contribution < 1.29 is 13.2 Å². The summed E-state index contributed by atoms with van der Waals surface area (Å²) in [6.07, 6.45) is 2.72. The Hall–Kier alpha value is -1.09. The molecule has 2 saturated heterocycles. The number of carbonyl (C=O) groups excluding carboxylic acids is 1. The Kier molecular flexibility index (Phi) is 5.43. The van der Waals surface area contributed by atoms with Gasteiger partial charge >= 0.3 is 0 Å². The molecule has 3 rings (SSSR count). The van der Waals surface area contributed by atoms with E-state index in [4.69, 9.17) is 0 Å². The van der Waals surface area contributed by atoms with Gasteiger partial charge in [-0.15, -0.1) is 10.2 Å². The standard InChI is InChI=1S/C16H26N4O3S2/c1-11-4-7-20(8-5-11)15(21)12(2)24-16-18-17-14(19(16)3)13-6-9-25(22,23)10-13/h11-13H,4-10H2,1-3H3. The highest BCUT2D eigenvalue weighted by molar-refractivity contribution is 8.00. The minimum absolute atomic E-state index is 0.0913. The lowest BCUT2D eigenvalue weighted by molar-refractivity contribution is -0.131. The molecule has 2 fully saturated rings. The number of piperidine rings is 1. The van der Waals surface area contributed by atoms with Gasteiger partial charge in [-0.05, 0) is 32.1 Å². The molecule has 7 nitrogen and oxygen atoms in total. The minimum atomic E-state index is -2.96. The molecule has 140 valence electrons. The fraction of sp³-hybridized carbons (Fsp3) is 0.812. The van der Waals surface area contributed by atoms with E-state index in [1.54, 1.807) is 0 Å². The van der Waals surface area contributed by atoms with Crippen LogP contribution in [0.15, 0.2) is 5.16 Å². The molecule has 0 saturated carbocycles. The maximum atomic E-state index is 12.6. The van der Waals surface area contributed by atoms with Crippen LogP contribution in [0.25, 0.3) is 0 Å². The first-order chi connectivity index (χ1) is 11.8. The van der Waals surface area contributed by atoms with E-state index in [1.165, 1.54) is 11.8 Å². The number of carbonyl (C=O) groups is 1. The third kappa shape index (κ3) is 4.19. The van der Waals surface area contributed by atoms with Gasteiger partial charge in [0.1, 0.15) is 5.82 Å². The first-order valence-electron chi connectivity index (χ1n) is 8.82. The van der Waals surface area contributed by atoms with Gasteiger partial charge in [0.25, 0.3) is 0 Å². The van der Waals surface area contributed by atoms with Gasteiger partial charge in [0.2, 0.25) is 5.91 Å². The van der Waals surface area contributed by atoms with Gasteiger partial charge in [0, 0.05) is 26.1 Å². The second kappa shape index (κ2) is 7.26. The average Bonchev–Trinajstić information content (AvgIpc) is 3.10. The van der Waals surface area contributed by atoms with Gasteiger partial charge in [-0.25, -0.2) is 8.42 Å². The number of rotatable bonds is 4. The van der Waals surface area contributed by atoms with Gasteiger partial charge in [0.15, 0.2) is 15.0 Å². The average molecular weight is 387 g/mol.